The Hall–Kier alpha value is -3.09. The molecule has 5 unspecified atom stereocenters. The van der Waals surface area contributed by atoms with Crippen molar-refractivity contribution in [3.63, 3.8) is 0 Å². The topological polar surface area (TPSA) is 186 Å². The van der Waals surface area contributed by atoms with Crippen LogP contribution in [-0.4, -0.2) is 85.6 Å². The van der Waals surface area contributed by atoms with Gasteiger partial charge in [-0.1, -0.05) is 12.1 Å². The predicted octanol–water partition coefficient (Wildman–Crippen LogP) is 0.0517. The number of carbonyl (C=O) groups is 1. The van der Waals surface area contributed by atoms with Crippen molar-refractivity contribution in [1.82, 2.24) is 0 Å². The van der Waals surface area contributed by atoms with Crippen LogP contribution in [0.2, 0.25) is 0 Å². The number of aryl methyl sites for hydroxylation is 1. The van der Waals surface area contributed by atoms with Gasteiger partial charge in [-0.2, -0.15) is 0 Å². The minimum atomic E-state index is -1.59. The lowest BCUT2D eigenvalue weighted by molar-refractivity contribution is -0.303. The Morgan fingerprint density at radius 3 is 2.00 bits per heavy atom. The number of rotatable bonds is 9. The summed E-state index contributed by atoms with van der Waals surface area (Å²) >= 11 is 0. The molecule has 1 aliphatic heterocycles. The van der Waals surface area contributed by atoms with E-state index in [-0.39, 0.29) is 42.4 Å². The van der Waals surface area contributed by atoms with Crippen LogP contribution in [0.15, 0.2) is 36.4 Å². The molecule has 11 nitrogen and oxygen atoms in total. The summed E-state index contributed by atoms with van der Waals surface area (Å²) in [7, 11) is 0. The number of aliphatic hydroxyl groups excluding tert-OH is 3. The molecule has 34 heavy (non-hydrogen) atoms. The first-order valence-electron chi connectivity index (χ1n) is 10.6. The van der Waals surface area contributed by atoms with Gasteiger partial charge in [0.15, 0.2) is 35.4 Å². The Kier molecular flexibility index (Phi) is 8.53. The highest BCUT2D eigenvalue weighted by atomic mass is 16.7. The number of hydrogen-bond donors (Lipinski definition) is 7. The van der Waals surface area contributed by atoms with Gasteiger partial charge in [-0.05, 0) is 48.2 Å². The van der Waals surface area contributed by atoms with Crippen molar-refractivity contribution in [3.8, 4) is 23.0 Å². The maximum absolute atomic E-state index is 12.3. The summed E-state index contributed by atoms with van der Waals surface area (Å²) in [6.45, 7) is -0.583. The molecule has 3 rings (SSSR count). The quantitative estimate of drug-likeness (QED) is 0.190. The van der Waals surface area contributed by atoms with Crippen molar-refractivity contribution >= 4 is 5.97 Å². The molecule has 1 saturated heterocycles. The second-order valence-electron chi connectivity index (χ2n) is 7.93. The molecule has 0 aromatic heterocycles. The fraction of sp³-hybridized carbons (Fsp3) is 0.435. The van der Waals surface area contributed by atoms with E-state index in [1.54, 1.807) is 6.07 Å². The maximum Gasteiger partial charge on any atom is 0.306 e. The van der Waals surface area contributed by atoms with Gasteiger partial charge in [0.05, 0.1) is 13.2 Å². The fourth-order valence-electron chi connectivity index (χ4n) is 3.53. The van der Waals surface area contributed by atoms with Gasteiger partial charge in [0, 0.05) is 6.42 Å². The van der Waals surface area contributed by atoms with Crippen LogP contribution in [0.4, 0.5) is 0 Å². The molecule has 5 atom stereocenters. The van der Waals surface area contributed by atoms with Crippen LogP contribution >= 0.6 is 0 Å². The minimum Gasteiger partial charge on any atom is -0.504 e. The van der Waals surface area contributed by atoms with E-state index in [2.05, 4.69) is 0 Å². The summed E-state index contributed by atoms with van der Waals surface area (Å²) in [5.74, 6) is -1.87. The number of aromatic hydroxyl groups is 4. The van der Waals surface area contributed by atoms with E-state index >= 15 is 0 Å². The van der Waals surface area contributed by atoms with Crippen LogP contribution in [0, 0.1) is 0 Å². The highest BCUT2D eigenvalue weighted by Gasteiger charge is 2.47. The number of benzene rings is 2. The van der Waals surface area contributed by atoms with Gasteiger partial charge in [0.1, 0.15) is 18.3 Å². The minimum absolute atomic E-state index is 0.0285. The molecule has 2 aromatic rings. The number of hydrogen-bond acceptors (Lipinski definition) is 11. The van der Waals surface area contributed by atoms with Gasteiger partial charge in [0.2, 0.25) is 0 Å². The first kappa shape index (κ1) is 25.5. The molecule has 0 radical (unpaired) electrons. The molecule has 11 heteroatoms. The van der Waals surface area contributed by atoms with E-state index in [1.165, 1.54) is 30.3 Å². The molecule has 1 fully saturated rings. The predicted molar refractivity (Wildman–Crippen MR) is 115 cm³/mol. The zero-order valence-corrected chi connectivity index (χ0v) is 18.1. The number of phenols is 4. The third-order valence-corrected chi connectivity index (χ3v) is 5.46. The third kappa shape index (κ3) is 6.27. The highest BCUT2D eigenvalue weighted by Crippen LogP contribution is 2.28. The van der Waals surface area contributed by atoms with Crippen LogP contribution in [0.25, 0.3) is 0 Å². The van der Waals surface area contributed by atoms with Crippen LogP contribution in [0.5, 0.6) is 23.0 Å². The van der Waals surface area contributed by atoms with E-state index in [0.29, 0.717) is 17.5 Å². The SMILES string of the molecule is O=C(CCc1ccc(O)c(O)c1)OC1C(CO)OC(OCCc2ccc(O)c(O)c2)C(O)C1O. The van der Waals surface area contributed by atoms with Crippen LogP contribution in [0.1, 0.15) is 17.5 Å². The molecule has 1 heterocycles. The van der Waals surface area contributed by atoms with Crippen molar-refractivity contribution in [2.24, 2.45) is 0 Å². The lowest BCUT2D eigenvalue weighted by Gasteiger charge is -2.41. The second kappa shape index (κ2) is 11.4. The van der Waals surface area contributed by atoms with Crippen molar-refractivity contribution in [2.45, 2.75) is 50.0 Å². The Morgan fingerprint density at radius 1 is 0.853 bits per heavy atom. The molecule has 0 saturated carbocycles. The Morgan fingerprint density at radius 2 is 1.44 bits per heavy atom. The first-order valence-corrected chi connectivity index (χ1v) is 10.6. The lowest BCUT2D eigenvalue weighted by Crippen LogP contribution is -2.60. The van der Waals surface area contributed by atoms with Crippen molar-refractivity contribution in [2.75, 3.05) is 13.2 Å². The van der Waals surface area contributed by atoms with Crippen molar-refractivity contribution in [1.29, 1.82) is 0 Å². The van der Waals surface area contributed by atoms with Crippen molar-refractivity contribution < 1.29 is 54.8 Å². The van der Waals surface area contributed by atoms with E-state index in [4.69, 9.17) is 14.2 Å². The molecular formula is C23H28O11. The zero-order chi connectivity index (χ0) is 24.8. The smallest absolute Gasteiger partial charge is 0.306 e. The van der Waals surface area contributed by atoms with Gasteiger partial charge >= 0.3 is 5.97 Å². The average molecular weight is 480 g/mol. The van der Waals surface area contributed by atoms with Crippen molar-refractivity contribution in [3.05, 3.63) is 47.5 Å². The zero-order valence-electron chi connectivity index (χ0n) is 18.1. The molecule has 2 aromatic carbocycles. The number of phenolic OH excluding ortho intramolecular Hbond substituents is 4. The summed E-state index contributed by atoms with van der Waals surface area (Å²) in [6.07, 6.45) is -6.59. The van der Waals surface area contributed by atoms with Gasteiger partial charge in [-0.15, -0.1) is 0 Å². The van der Waals surface area contributed by atoms with Crippen LogP contribution in [0.3, 0.4) is 0 Å². The molecule has 0 spiro atoms. The lowest BCUT2D eigenvalue weighted by atomic mass is 9.99. The molecule has 0 bridgehead atoms. The molecule has 1 aliphatic rings. The summed E-state index contributed by atoms with van der Waals surface area (Å²) in [5, 5.41) is 68.3. The summed E-state index contributed by atoms with van der Waals surface area (Å²) in [4.78, 5) is 12.3. The standard InChI is InChI=1S/C23H28O11/c24-11-18-22(34-19(29)6-3-12-1-4-14(25)16(27)9-12)20(30)21(31)23(33-18)32-8-7-13-2-5-15(26)17(28)10-13/h1-2,4-5,9-10,18,20-28,30-31H,3,6-8,11H2. The summed E-state index contributed by atoms with van der Waals surface area (Å²) in [6, 6.07) is 8.39. The number of carbonyl (C=O) groups excluding carboxylic acids is 1. The largest absolute Gasteiger partial charge is 0.504 e. The molecule has 186 valence electrons. The monoisotopic (exact) mass is 480 g/mol. The maximum atomic E-state index is 12.3. The van der Waals surface area contributed by atoms with Gasteiger partial charge < -0.3 is 50.0 Å². The molecular weight excluding hydrogens is 452 g/mol. The van der Waals surface area contributed by atoms with E-state index in [9.17, 15) is 40.5 Å². The van der Waals surface area contributed by atoms with Crippen LogP contribution in [-0.2, 0) is 31.8 Å². The Balaban J connectivity index is 1.52. The van der Waals surface area contributed by atoms with E-state index in [0.717, 1.165) is 0 Å². The second-order valence-corrected chi connectivity index (χ2v) is 7.93. The van der Waals surface area contributed by atoms with Gasteiger partial charge in [0.25, 0.3) is 0 Å². The third-order valence-electron chi connectivity index (χ3n) is 5.46. The average Bonchev–Trinajstić information content (AvgIpc) is 2.81. The fourth-order valence-corrected chi connectivity index (χ4v) is 3.53. The first-order chi connectivity index (χ1) is 16.2. The normalized spacial score (nSPS) is 24.6. The summed E-state index contributed by atoms with van der Waals surface area (Å²) in [5.41, 5.74) is 1.22. The van der Waals surface area contributed by atoms with Gasteiger partial charge in [-0.25, -0.2) is 0 Å². The Bertz CT molecular complexity index is 977. The van der Waals surface area contributed by atoms with E-state index in [1.807, 2.05) is 0 Å². The highest BCUT2D eigenvalue weighted by molar-refractivity contribution is 5.70. The Labute approximate surface area is 195 Å². The molecule has 0 aliphatic carbocycles. The summed E-state index contributed by atoms with van der Waals surface area (Å²) < 4.78 is 16.2. The number of aliphatic hydroxyl groups is 3. The van der Waals surface area contributed by atoms with Gasteiger partial charge in [-0.3, -0.25) is 4.79 Å². The van der Waals surface area contributed by atoms with E-state index < -0.39 is 43.3 Å². The number of ether oxygens (including phenoxy) is 3. The molecule has 0 amide bonds. The molecule has 7 N–H and O–H groups in total. The number of esters is 1. The van der Waals surface area contributed by atoms with Crippen LogP contribution < -0.4 is 0 Å².